The fourth-order valence-electron chi connectivity index (χ4n) is 2.80. The summed E-state index contributed by atoms with van der Waals surface area (Å²) in [6.07, 6.45) is 3.30. The van der Waals surface area contributed by atoms with Crippen LogP contribution >= 0.6 is 23.2 Å². The number of halogens is 2. The lowest BCUT2D eigenvalue weighted by atomic mass is 10.1. The van der Waals surface area contributed by atoms with E-state index >= 15 is 0 Å². The second kappa shape index (κ2) is 8.63. The Hall–Kier alpha value is -2.90. The van der Waals surface area contributed by atoms with Crippen molar-refractivity contribution in [2.45, 2.75) is 12.8 Å². The second-order valence-electron chi connectivity index (χ2n) is 6.06. The van der Waals surface area contributed by atoms with Gasteiger partial charge in [-0.15, -0.1) is 0 Å². The quantitative estimate of drug-likeness (QED) is 0.565. The molecule has 0 aliphatic heterocycles. The SMILES string of the molecule is C=CC(=O)CCc1ncc2cc(-c3c(Cl)c(OC)cc(OC)c3Cl)[nH]c(=O)c2n1. The molecule has 0 amide bonds. The van der Waals surface area contributed by atoms with Crippen molar-refractivity contribution in [1.29, 1.82) is 0 Å². The largest absolute Gasteiger partial charge is 0.495 e. The number of rotatable bonds is 7. The molecule has 0 spiro atoms. The van der Waals surface area contributed by atoms with Crippen LogP contribution in [0.25, 0.3) is 22.2 Å². The number of nitrogens with one attached hydrogen (secondary N) is 1. The Labute approximate surface area is 176 Å². The van der Waals surface area contributed by atoms with E-state index in [-0.39, 0.29) is 27.8 Å². The average Bonchev–Trinajstić information content (AvgIpc) is 2.72. The monoisotopic (exact) mass is 433 g/mol. The normalized spacial score (nSPS) is 10.8. The number of fused-ring (bicyclic) bond motifs is 1. The fourth-order valence-corrected chi connectivity index (χ4v) is 3.51. The Bertz CT molecular complexity index is 1150. The lowest BCUT2D eigenvalue weighted by Gasteiger charge is -2.15. The molecule has 0 saturated heterocycles. The van der Waals surface area contributed by atoms with E-state index in [1.807, 2.05) is 0 Å². The van der Waals surface area contributed by atoms with Crippen molar-refractivity contribution in [2.75, 3.05) is 14.2 Å². The number of ketones is 1. The maximum Gasteiger partial charge on any atom is 0.275 e. The zero-order valence-electron chi connectivity index (χ0n) is 15.7. The maximum absolute atomic E-state index is 12.7. The summed E-state index contributed by atoms with van der Waals surface area (Å²) in [6.45, 7) is 3.43. The first kappa shape index (κ1) is 20.8. The summed E-state index contributed by atoms with van der Waals surface area (Å²) in [7, 11) is 2.93. The van der Waals surface area contributed by atoms with Gasteiger partial charge in [0.2, 0.25) is 0 Å². The number of carbonyl (C=O) groups is 1. The first-order valence-corrected chi connectivity index (χ1v) is 9.29. The van der Waals surface area contributed by atoms with E-state index < -0.39 is 5.56 Å². The van der Waals surface area contributed by atoms with Crippen LogP contribution in [-0.4, -0.2) is 35.0 Å². The van der Waals surface area contributed by atoms with E-state index in [0.29, 0.717) is 40.4 Å². The lowest BCUT2D eigenvalue weighted by Crippen LogP contribution is -2.12. The van der Waals surface area contributed by atoms with Crippen molar-refractivity contribution >= 4 is 39.9 Å². The molecular weight excluding hydrogens is 417 g/mol. The van der Waals surface area contributed by atoms with Gasteiger partial charge in [0, 0.05) is 36.1 Å². The van der Waals surface area contributed by atoms with Gasteiger partial charge >= 0.3 is 0 Å². The molecule has 1 N–H and O–H groups in total. The summed E-state index contributed by atoms with van der Waals surface area (Å²) in [6, 6.07) is 3.23. The number of carbonyl (C=O) groups excluding carboxylic acids is 1. The molecule has 0 saturated carbocycles. The minimum absolute atomic E-state index is 0.116. The van der Waals surface area contributed by atoms with Crippen LogP contribution in [0.3, 0.4) is 0 Å². The zero-order chi connectivity index (χ0) is 21.1. The molecule has 0 aliphatic carbocycles. The topological polar surface area (TPSA) is 94.2 Å². The molecule has 1 aromatic carbocycles. The van der Waals surface area contributed by atoms with Gasteiger partial charge in [0.15, 0.2) is 5.78 Å². The highest BCUT2D eigenvalue weighted by molar-refractivity contribution is 6.41. The van der Waals surface area contributed by atoms with E-state index in [0.717, 1.165) is 0 Å². The van der Waals surface area contributed by atoms with Gasteiger partial charge < -0.3 is 14.5 Å². The number of pyridine rings is 1. The van der Waals surface area contributed by atoms with Crippen LogP contribution in [0.5, 0.6) is 11.5 Å². The van der Waals surface area contributed by atoms with Crippen LogP contribution in [0.1, 0.15) is 12.2 Å². The van der Waals surface area contributed by atoms with Crippen LogP contribution in [0.2, 0.25) is 10.0 Å². The Morgan fingerprint density at radius 1 is 1.21 bits per heavy atom. The number of allylic oxidation sites excluding steroid dienone is 1. The molecule has 0 aliphatic rings. The summed E-state index contributed by atoms with van der Waals surface area (Å²) in [5.41, 5.74) is 0.495. The number of H-pyrrole nitrogens is 1. The second-order valence-corrected chi connectivity index (χ2v) is 6.81. The van der Waals surface area contributed by atoms with Gasteiger partial charge in [-0.1, -0.05) is 29.8 Å². The summed E-state index contributed by atoms with van der Waals surface area (Å²) in [5.74, 6) is 0.976. The van der Waals surface area contributed by atoms with E-state index in [9.17, 15) is 9.59 Å². The van der Waals surface area contributed by atoms with Gasteiger partial charge in [-0.25, -0.2) is 9.97 Å². The Balaban J connectivity index is 2.12. The van der Waals surface area contributed by atoms with Gasteiger partial charge in [-0.2, -0.15) is 0 Å². The number of aromatic nitrogens is 3. The number of aromatic amines is 1. The molecule has 150 valence electrons. The van der Waals surface area contributed by atoms with Crippen molar-refractivity contribution < 1.29 is 14.3 Å². The molecule has 3 rings (SSSR count). The minimum atomic E-state index is -0.440. The minimum Gasteiger partial charge on any atom is -0.495 e. The predicted molar refractivity (Wildman–Crippen MR) is 112 cm³/mol. The first-order chi connectivity index (χ1) is 13.9. The van der Waals surface area contributed by atoms with Gasteiger partial charge in [0.05, 0.1) is 30.0 Å². The smallest absolute Gasteiger partial charge is 0.275 e. The Morgan fingerprint density at radius 3 is 2.45 bits per heavy atom. The molecular formula is C20H17Cl2N3O4. The van der Waals surface area contributed by atoms with Crippen LogP contribution in [0.4, 0.5) is 0 Å². The van der Waals surface area contributed by atoms with Crippen molar-refractivity contribution in [3.63, 3.8) is 0 Å². The highest BCUT2D eigenvalue weighted by Crippen LogP contribution is 2.45. The van der Waals surface area contributed by atoms with Crippen molar-refractivity contribution in [2.24, 2.45) is 0 Å². The van der Waals surface area contributed by atoms with Crippen LogP contribution < -0.4 is 15.0 Å². The summed E-state index contributed by atoms with van der Waals surface area (Å²) in [4.78, 5) is 35.3. The van der Waals surface area contributed by atoms with Crippen molar-refractivity contribution in [3.05, 3.63) is 57.2 Å². The first-order valence-electron chi connectivity index (χ1n) is 8.54. The number of benzene rings is 1. The predicted octanol–water partition coefficient (Wildman–Crippen LogP) is 4.00. The highest BCUT2D eigenvalue weighted by Gasteiger charge is 2.20. The number of aryl methyl sites for hydroxylation is 1. The maximum atomic E-state index is 12.7. The van der Waals surface area contributed by atoms with Crippen LogP contribution in [0.15, 0.2) is 35.8 Å². The summed E-state index contributed by atoms with van der Waals surface area (Å²) >= 11 is 12.9. The molecule has 7 nitrogen and oxygen atoms in total. The molecule has 0 radical (unpaired) electrons. The third-order valence-electron chi connectivity index (χ3n) is 4.30. The molecule has 2 heterocycles. The number of hydrogen-bond donors (Lipinski definition) is 1. The van der Waals surface area contributed by atoms with E-state index in [2.05, 4.69) is 21.5 Å². The number of nitrogens with zero attached hydrogens (tertiary/aromatic N) is 2. The van der Waals surface area contributed by atoms with E-state index in [1.165, 1.54) is 26.5 Å². The summed E-state index contributed by atoms with van der Waals surface area (Å²) < 4.78 is 10.5. The molecule has 9 heteroatoms. The zero-order valence-corrected chi connectivity index (χ0v) is 17.2. The Morgan fingerprint density at radius 2 is 1.86 bits per heavy atom. The fraction of sp³-hybridized carbons (Fsp3) is 0.200. The number of hydrogen-bond acceptors (Lipinski definition) is 6. The molecule has 0 bridgehead atoms. The van der Waals surface area contributed by atoms with E-state index in [1.54, 1.807) is 12.1 Å². The standard InChI is InChI=1S/C20H17Cl2N3O4/c1-4-11(26)5-6-15-23-9-10-7-12(24-20(27)19(10)25-15)16-17(21)13(28-2)8-14(29-3)18(16)22/h4,7-9H,1,5-6H2,2-3H3,(H,24,27). The molecule has 29 heavy (non-hydrogen) atoms. The Kier molecular flexibility index (Phi) is 6.20. The van der Waals surface area contributed by atoms with Gasteiger partial charge in [-0.05, 0) is 12.1 Å². The third-order valence-corrected chi connectivity index (χ3v) is 5.05. The number of ether oxygens (including phenoxy) is 2. The van der Waals surface area contributed by atoms with E-state index in [4.69, 9.17) is 32.7 Å². The average molecular weight is 434 g/mol. The highest BCUT2D eigenvalue weighted by atomic mass is 35.5. The van der Waals surface area contributed by atoms with Gasteiger partial charge in [0.1, 0.15) is 22.8 Å². The lowest BCUT2D eigenvalue weighted by molar-refractivity contribution is -0.114. The number of methoxy groups -OCH3 is 2. The van der Waals surface area contributed by atoms with Gasteiger partial charge in [0.25, 0.3) is 5.56 Å². The molecule has 0 fully saturated rings. The van der Waals surface area contributed by atoms with Crippen molar-refractivity contribution in [1.82, 2.24) is 15.0 Å². The van der Waals surface area contributed by atoms with Crippen LogP contribution in [-0.2, 0) is 11.2 Å². The molecule has 2 aromatic heterocycles. The van der Waals surface area contributed by atoms with Crippen LogP contribution in [0, 0.1) is 0 Å². The summed E-state index contributed by atoms with van der Waals surface area (Å²) in [5, 5.41) is 0.957. The molecule has 0 atom stereocenters. The molecule has 3 aromatic rings. The molecule has 0 unspecified atom stereocenters. The van der Waals surface area contributed by atoms with Crippen molar-refractivity contribution in [3.8, 4) is 22.8 Å². The van der Waals surface area contributed by atoms with Gasteiger partial charge in [-0.3, -0.25) is 9.59 Å². The third kappa shape index (κ3) is 4.11.